The zero-order valence-electron chi connectivity index (χ0n) is 13.8. The highest BCUT2D eigenvalue weighted by molar-refractivity contribution is 6.33. The van der Waals surface area contributed by atoms with Crippen LogP contribution < -0.4 is 10.5 Å². The average molecular weight is 365 g/mol. The fraction of sp³-hybridized carbons (Fsp3) is 0.375. The van der Waals surface area contributed by atoms with Crippen LogP contribution in [0.25, 0.3) is 5.69 Å². The number of benzene rings is 1. The Morgan fingerprint density at radius 1 is 1.32 bits per heavy atom. The maximum absolute atomic E-state index is 12.6. The van der Waals surface area contributed by atoms with Gasteiger partial charge in [0.1, 0.15) is 5.02 Å². The topological polar surface area (TPSA) is 90.5 Å². The minimum Gasteiger partial charge on any atom is -0.372 e. The zero-order chi connectivity index (χ0) is 18.2. The summed E-state index contributed by atoms with van der Waals surface area (Å²) >= 11 is 6.29. The molecule has 1 aliphatic heterocycles. The van der Waals surface area contributed by atoms with Crippen LogP contribution in [0.2, 0.25) is 5.02 Å². The second kappa shape index (κ2) is 6.45. The zero-order valence-corrected chi connectivity index (χ0v) is 14.6. The van der Waals surface area contributed by atoms with Crippen LogP contribution in [0, 0.1) is 10.1 Å². The molecular weight excluding hydrogens is 348 g/mol. The summed E-state index contributed by atoms with van der Waals surface area (Å²) in [7, 11) is 0. The second-order valence-electron chi connectivity index (χ2n) is 6.36. The molecule has 132 valence electrons. The number of halogens is 1. The Labute approximate surface area is 148 Å². The van der Waals surface area contributed by atoms with Gasteiger partial charge in [0.25, 0.3) is 11.2 Å². The molecular formula is C16H17ClN4O4. The number of nitro groups is 1. The Morgan fingerprint density at radius 2 is 2.00 bits per heavy atom. The minimum absolute atomic E-state index is 0.0601. The molecule has 0 radical (unpaired) electrons. The van der Waals surface area contributed by atoms with E-state index in [1.807, 2.05) is 18.7 Å². The van der Waals surface area contributed by atoms with E-state index < -0.39 is 10.5 Å². The van der Waals surface area contributed by atoms with Gasteiger partial charge in [-0.3, -0.25) is 14.9 Å². The lowest BCUT2D eigenvalue weighted by Crippen LogP contribution is -2.49. The molecule has 1 aliphatic rings. The Bertz CT molecular complexity index is 863. The van der Waals surface area contributed by atoms with Gasteiger partial charge in [-0.1, -0.05) is 11.6 Å². The molecule has 0 bridgehead atoms. The van der Waals surface area contributed by atoms with Crippen LogP contribution in [0.15, 0.2) is 35.3 Å². The van der Waals surface area contributed by atoms with Crippen molar-refractivity contribution in [1.29, 1.82) is 0 Å². The molecule has 0 amide bonds. The first-order valence-electron chi connectivity index (χ1n) is 7.70. The number of hydrogen-bond donors (Lipinski definition) is 0. The summed E-state index contributed by atoms with van der Waals surface area (Å²) in [5.74, 6) is 0. The molecule has 0 aliphatic carbocycles. The van der Waals surface area contributed by atoms with Gasteiger partial charge in [0, 0.05) is 25.2 Å². The molecule has 0 unspecified atom stereocenters. The molecule has 1 fully saturated rings. The number of rotatable bonds is 3. The number of morpholine rings is 1. The van der Waals surface area contributed by atoms with E-state index in [1.165, 1.54) is 30.5 Å². The molecule has 8 nitrogen and oxygen atoms in total. The molecule has 0 atom stereocenters. The molecule has 1 saturated heterocycles. The Morgan fingerprint density at radius 3 is 2.60 bits per heavy atom. The number of non-ortho nitro benzene ring substituents is 1. The van der Waals surface area contributed by atoms with Crippen molar-refractivity contribution in [3.05, 3.63) is 56.0 Å². The van der Waals surface area contributed by atoms with E-state index in [0.29, 0.717) is 31.1 Å². The fourth-order valence-corrected chi connectivity index (χ4v) is 3.01. The van der Waals surface area contributed by atoms with Crippen molar-refractivity contribution in [2.75, 3.05) is 24.6 Å². The highest BCUT2D eigenvalue weighted by Gasteiger charge is 2.29. The number of hydrogen-bond acceptors (Lipinski definition) is 6. The number of ether oxygens (including phenoxy) is 1. The second-order valence-corrected chi connectivity index (χ2v) is 6.74. The predicted octanol–water partition coefficient (Wildman–Crippen LogP) is 2.41. The fourth-order valence-electron chi connectivity index (χ4n) is 2.77. The lowest BCUT2D eigenvalue weighted by molar-refractivity contribution is -0.384. The van der Waals surface area contributed by atoms with E-state index in [2.05, 4.69) is 5.10 Å². The number of nitro benzene ring substituents is 1. The van der Waals surface area contributed by atoms with Crippen LogP contribution in [-0.4, -0.2) is 40.0 Å². The monoisotopic (exact) mass is 364 g/mol. The maximum Gasteiger partial charge on any atom is 0.292 e. The van der Waals surface area contributed by atoms with Gasteiger partial charge in [-0.15, -0.1) is 0 Å². The summed E-state index contributed by atoms with van der Waals surface area (Å²) in [6, 6.07) is 5.55. The summed E-state index contributed by atoms with van der Waals surface area (Å²) < 4.78 is 6.79. The normalized spacial score (nSPS) is 16.7. The van der Waals surface area contributed by atoms with Gasteiger partial charge >= 0.3 is 0 Å². The smallest absolute Gasteiger partial charge is 0.292 e. The first-order chi connectivity index (χ1) is 11.8. The highest BCUT2D eigenvalue weighted by Crippen LogP contribution is 2.27. The summed E-state index contributed by atoms with van der Waals surface area (Å²) in [4.78, 5) is 24.8. The van der Waals surface area contributed by atoms with Crippen LogP contribution in [0.3, 0.4) is 0 Å². The van der Waals surface area contributed by atoms with Gasteiger partial charge in [-0.25, -0.2) is 0 Å². The van der Waals surface area contributed by atoms with Crippen molar-refractivity contribution in [2.45, 2.75) is 19.4 Å². The standard InChI is InChI=1S/C16H17ClN4O4/c1-16(2)10-19(7-8-25-16)13-9-18-20(15(22)14(13)17)11-3-5-12(6-4-11)21(23)24/h3-6,9H,7-8,10H2,1-2H3. The lowest BCUT2D eigenvalue weighted by Gasteiger charge is -2.39. The summed E-state index contributed by atoms with van der Waals surface area (Å²) in [6.45, 7) is 5.69. The predicted molar refractivity (Wildman–Crippen MR) is 93.7 cm³/mol. The number of aromatic nitrogens is 2. The molecule has 3 rings (SSSR count). The minimum atomic E-state index is -0.504. The first kappa shape index (κ1) is 17.4. The van der Waals surface area contributed by atoms with Crippen molar-refractivity contribution in [2.24, 2.45) is 0 Å². The van der Waals surface area contributed by atoms with E-state index in [1.54, 1.807) is 0 Å². The van der Waals surface area contributed by atoms with Gasteiger partial charge in [0.15, 0.2) is 0 Å². The van der Waals surface area contributed by atoms with Crippen molar-refractivity contribution in [3.8, 4) is 5.69 Å². The third kappa shape index (κ3) is 3.49. The summed E-state index contributed by atoms with van der Waals surface area (Å²) in [5, 5.41) is 15.0. The van der Waals surface area contributed by atoms with Crippen LogP contribution in [0.5, 0.6) is 0 Å². The van der Waals surface area contributed by atoms with Crippen molar-refractivity contribution < 1.29 is 9.66 Å². The van der Waals surface area contributed by atoms with E-state index in [9.17, 15) is 14.9 Å². The number of anilines is 1. The molecule has 2 aromatic rings. The van der Waals surface area contributed by atoms with Gasteiger partial charge in [0.05, 0.1) is 34.7 Å². The van der Waals surface area contributed by atoms with Crippen molar-refractivity contribution >= 4 is 23.0 Å². The molecule has 9 heteroatoms. The summed E-state index contributed by atoms with van der Waals surface area (Å²) in [5.41, 5.74) is 0.0920. The Kier molecular flexibility index (Phi) is 4.49. The largest absolute Gasteiger partial charge is 0.372 e. The van der Waals surface area contributed by atoms with Crippen molar-refractivity contribution in [1.82, 2.24) is 9.78 Å². The van der Waals surface area contributed by atoms with Gasteiger partial charge in [0.2, 0.25) is 0 Å². The van der Waals surface area contributed by atoms with E-state index in [-0.39, 0.29) is 16.3 Å². The third-order valence-corrected chi connectivity index (χ3v) is 4.33. The highest BCUT2D eigenvalue weighted by atomic mass is 35.5. The molecule has 1 aromatic carbocycles. The van der Waals surface area contributed by atoms with Gasteiger partial charge in [-0.2, -0.15) is 9.78 Å². The molecule has 25 heavy (non-hydrogen) atoms. The van der Waals surface area contributed by atoms with Crippen LogP contribution >= 0.6 is 11.6 Å². The average Bonchev–Trinajstić information content (AvgIpc) is 2.56. The Hall–Kier alpha value is -2.45. The molecule has 0 spiro atoms. The van der Waals surface area contributed by atoms with Crippen LogP contribution in [0.1, 0.15) is 13.8 Å². The Balaban J connectivity index is 1.95. The van der Waals surface area contributed by atoms with E-state index >= 15 is 0 Å². The lowest BCUT2D eigenvalue weighted by atomic mass is 10.1. The van der Waals surface area contributed by atoms with Crippen molar-refractivity contribution in [3.63, 3.8) is 0 Å². The number of nitrogens with zero attached hydrogens (tertiary/aromatic N) is 4. The van der Waals surface area contributed by atoms with Gasteiger partial charge in [-0.05, 0) is 26.0 Å². The van der Waals surface area contributed by atoms with Crippen LogP contribution in [0.4, 0.5) is 11.4 Å². The molecule has 1 aromatic heterocycles. The van der Waals surface area contributed by atoms with E-state index in [0.717, 1.165) is 4.68 Å². The first-order valence-corrected chi connectivity index (χ1v) is 8.08. The molecule has 2 heterocycles. The SMILES string of the molecule is CC1(C)CN(c2cnn(-c3ccc([N+](=O)[O-])cc3)c(=O)c2Cl)CCO1. The third-order valence-electron chi connectivity index (χ3n) is 3.97. The van der Waals surface area contributed by atoms with Gasteiger partial charge < -0.3 is 9.64 Å². The van der Waals surface area contributed by atoms with Crippen LogP contribution in [-0.2, 0) is 4.74 Å². The van der Waals surface area contributed by atoms with E-state index in [4.69, 9.17) is 16.3 Å². The molecule has 0 N–H and O–H groups in total. The maximum atomic E-state index is 12.6. The summed E-state index contributed by atoms with van der Waals surface area (Å²) in [6.07, 6.45) is 1.53. The quantitative estimate of drug-likeness (QED) is 0.613. The molecule has 0 saturated carbocycles.